The zero-order valence-corrected chi connectivity index (χ0v) is 16.1. The van der Waals surface area contributed by atoms with Crippen LogP contribution in [0.25, 0.3) is 0 Å². The molecule has 0 amide bonds. The Morgan fingerprint density at radius 3 is 2.70 bits per heavy atom. The number of hydrogen-bond acceptors (Lipinski definition) is 3. The molecule has 0 radical (unpaired) electrons. The SMILES string of the molecule is COC1CCC2(CC1)Oc1ccc(Br)c3c1C2NS(=O)C3(C)C. The van der Waals surface area contributed by atoms with Crippen LogP contribution in [-0.4, -0.2) is 23.0 Å². The second-order valence-corrected chi connectivity index (χ2v) is 9.91. The summed E-state index contributed by atoms with van der Waals surface area (Å²) in [5.74, 6) is 0.946. The maximum Gasteiger partial charge on any atom is 0.130 e. The third-order valence-corrected chi connectivity index (χ3v) is 7.93. The van der Waals surface area contributed by atoms with E-state index in [1.165, 1.54) is 5.56 Å². The third kappa shape index (κ3) is 2.18. The summed E-state index contributed by atoms with van der Waals surface area (Å²) in [4.78, 5) is 0. The van der Waals surface area contributed by atoms with Crippen LogP contribution >= 0.6 is 15.9 Å². The Morgan fingerprint density at radius 1 is 1.35 bits per heavy atom. The summed E-state index contributed by atoms with van der Waals surface area (Å²) in [6.07, 6.45) is 4.12. The standard InChI is InChI=1S/C17H22BrNO3S/c1-16(2)14-11(18)4-5-12-13(14)15(19-23(16)20)17(22-12)8-6-10(21-3)7-9-17/h4-5,10,15,19H,6-9H2,1-3H3. The molecule has 4 rings (SSSR count). The minimum absolute atomic E-state index is 0.00309. The molecule has 2 unspecified atom stereocenters. The van der Waals surface area contributed by atoms with Crippen molar-refractivity contribution in [1.82, 2.24) is 4.72 Å². The molecule has 0 saturated heterocycles. The summed E-state index contributed by atoms with van der Waals surface area (Å²) >= 11 is 3.67. The van der Waals surface area contributed by atoms with Crippen LogP contribution in [0.4, 0.5) is 0 Å². The highest BCUT2D eigenvalue weighted by atomic mass is 79.9. The average molecular weight is 400 g/mol. The fraction of sp³-hybridized carbons (Fsp3) is 0.647. The monoisotopic (exact) mass is 399 g/mol. The van der Waals surface area contributed by atoms with Crippen molar-refractivity contribution in [1.29, 1.82) is 0 Å². The van der Waals surface area contributed by atoms with Gasteiger partial charge >= 0.3 is 0 Å². The largest absolute Gasteiger partial charge is 0.485 e. The van der Waals surface area contributed by atoms with Crippen LogP contribution < -0.4 is 9.46 Å². The van der Waals surface area contributed by atoms with E-state index >= 15 is 0 Å². The second kappa shape index (κ2) is 5.28. The molecule has 1 N–H and O–H groups in total. The molecule has 2 heterocycles. The van der Waals surface area contributed by atoms with Crippen molar-refractivity contribution in [2.24, 2.45) is 0 Å². The number of methoxy groups -OCH3 is 1. The molecule has 1 saturated carbocycles. The molecule has 23 heavy (non-hydrogen) atoms. The van der Waals surface area contributed by atoms with Gasteiger partial charge in [0, 0.05) is 17.1 Å². The molecule has 1 spiro atoms. The first-order valence-corrected chi connectivity index (χ1v) is 10.1. The normalized spacial score (nSPS) is 37.5. The van der Waals surface area contributed by atoms with Gasteiger partial charge in [-0.05, 0) is 57.2 Å². The van der Waals surface area contributed by atoms with E-state index in [2.05, 4.69) is 20.7 Å². The quantitative estimate of drug-likeness (QED) is 0.782. The van der Waals surface area contributed by atoms with Gasteiger partial charge in [-0.2, -0.15) is 0 Å². The predicted molar refractivity (Wildman–Crippen MR) is 93.8 cm³/mol. The van der Waals surface area contributed by atoms with E-state index in [4.69, 9.17) is 9.47 Å². The lowest BCUT2D eigenvalue weighted by Gasteiger charge is -2.43. The Labute approximate surface area is 148 Å². The van der Waals surface area contributed by atoms with E-state index in [1.807, 2.05) is 26.0 Å². The van der Waals surface area contributed by atoms with Gasteiger partial charge in [0.25, 0.3) is 0 Å². The van der Waals surface area contributed by atoms with Crippen LogP contribution in [0.15, 0.2) is 16.6 Å². The molecule has 0 aromatic heterocycles. The molecule has 3 aliphatic rings. The lowest BCUT2D eigenvalue weighted by Crippen LogP contribution is -2.52. The number of fused-ring (bicyclic) bond motifs is 1. The van der Waals surface area contributed by atoms with Gasteiger partial charge in [-0.3, -0.25) is 0 Å². The summed E-state index contributed by atoms with van der Waals surface area (Å²) in [6, 6.07) is 4.06. The first-order chi connectivity index (χ1) is 10.9. The van der Waals surface area contributed by atoms with Crippen molar-refractivity contribution >= 4 is 26.9 Å². The van der Waals surface area contributed by atoms with Crippen molar-refractivity contribution in [2.45, 2.75) is 62.0 Å². The molecule has 1 aliphatic carbocycles. The fourth-order valence-corrected chi connectivity index (χ4v) is 6.54. The van der Waals surface area contributed by atoms with E-state index in [1.54, 1.807) is 7.11 Å². The molecule has 2 atom stereocenters. The van der Waals surface area contributed by atoms with Crippen LogP contribution in [0, 0.1) is 0 Å². The topological polar surface area (TPSA) is 47.6 Å². The molecule has 0 bridgehead atoms. The Bertz CT molecular complexity index is 683. The van der Waals surface area contributed by atoms with Crippen molar-refractivity contribution in [2.75, 3.05) is 7.11 Å². The molecular formula is C17H22BrNO3S. The van der Waals surface area contributed by atoms with Gasteiger partial charge in [0.1, 0.15) is 22.3 Å². The smallest absolute Gasteiger partial charge is 0.130 e. The van der Waals surface area contributed by atoms with E-state index in [9.17, 15) is 4.21 Å². The van der Waals surface area contributed by atoms with Crippen LogP contribution in [0.3, 0.4) is 0 Å². The maximum atomic E-state index is 12.9. The Morgan fingerprint density at radius 2 is 2.04 bits per heavy atom. The summed E-state index contributed by atoms with van der Waals surface area (Å²) in [5.41, 5.74) is 2.03. The zero-order chi connectivity index (χ0) is 16.4. The van der Waals surface area contributed by atoms with Gasteiger partial charge in [-0.25, -0.2) is 8.93 Å². The molecule has 1 aromatic rings. The molecular weight excluding hydrogens is 378 g/mol. The molecule has 4 nitrogen and oxygen atoms in total. The van der Waals surface area contributed by atoms with Crippen molar-refractivity contribution in [3.8, 4) is 5.75 Å². The third-order valence-electron chi connectivity index (χ3n) is 5.69. The highest BCUT2D eigenvalue weighted by Crippen LogP contribution is 2.57. The minimum atomic E-state index is -1.15. The van der Waals surface area contributed by atoms with Gasteiger partial charge in [-0.1, -0.05) is 15.9 Å². The summed E-state index contributed by atoms with van der Waals surface area (Å²) in [5, 5.41) is 0. The first kappa shape index (κ1) is 16.1. The highest BCUT2D eigenvalue weighted by molar-refractivity contribution is 9.10. The number of hydrogen-bond donors (Lipinski definition) is 1. The number of nitrogens with one attached hydrogen (secondary N) is 1. The maximum absolute atomic E-state index is 12.9. The molecule has 2 aliphatic heterocycles. The summed E-state index contributed by atoms with van der Waals surface area (Å²) in [6.45, 7) is 4.05. The Hall–Kier alpha value is -0.430. The van der Waals surface area contributed by atoms with Gasteiger partial charge in [0.2, 0.25) is 0 Å². The highest BCUT2D eigenvalue weighted by Gasteiger charge is 2.56. The second-order valence-electron chi connectivity index (χ2n) is 7.27. The van der Waals surface area contributed by atoms with Crippen molar-refractivity contribution in [3.05, 3.63) is 27.7 Å². The van der Waals surface area contributed by atoms with E-state index in [0.29, 0.717) is 6.10 Å². The number of benzene rings is 1. The van der Waals surface area contributed by atoms with Crippen LogP contribution in [0.1, 0.15) is 56.7 Å². The van der Waals surface area contributed by atoms with Gasteiger partial charge < -0.3 is 9.47 Å². The van der Waals surface area contributed by atoms with Crippen LogP contribution in [0.2, 0.25) is 0 Å². The van der Waals surface area contributed by atoms with E-state index in [-0.39, 0.29) is 11.6 Å². The Kier molecular flexibility index (Phi) is 3.69. The van der Waals surface area contributed by atoms with Gasteiger partial charge in [-0.15, -0.1) is 0 Å². The van der Waals surface area contributed by atoms with Crippen molar-refractivity contribution < 1.29 is 13.7 Å². The number of rotatable bonds is 1. The van der Waals surface area contributed by atoms with Crippen molar-refractivity contribution in [3.63, 3.8) is 0 Å². The summed E-state index contributed by atoms with van der Waals surface area (Å²) in [7, 11) is 0.628. The lowest BCUT2D eigenvalue weighted by molar-refractivity contribution is -0.0295. The number of halogens is 1. The number of ether oxygens (including phenoxy) is 2. The fourth-order valence-electron chi connectivity index (χ4n) is 4.32. The zero-order valence-electron chi connectivity index (χ0n) is 13.6. The minimum Gasteiger partial charge on any atom is -0.485 e. The first-order valence-electron chi connectivity index (χ1n) is 8.12. The van der Waals surface area contributed by atoms with E-state index in [0.717, 1.165) is 41.5 Å². The van der Waals surface area contributed by atoms with Crippen LogP contribution in [0.5, 0.6) is 5.75 Å². The lowest BCUT2D eigenvalue weighted by atomic mass is 9.76. The van der Waals surface area contributed by atoms with E-state index < -0.39 is 15.7 Å². The molecule has 1 aromatic carbocycles. The Balaban J connectivity index is 1.82. The van der Waals surface area contributed by atoms with Gasteiger partial charge in [0.05, 0.1) is 16.9 Å². The summed E-state index contributed by atoms with van der Waals surface area (Å²) < 4.78 is 28.8. The predicted octanol–water partition coefficient (Wildman–Crippen LogP) is 3.71. The molecule has 126 valence electrons. The van der Waals surface area contributed by atoms with Crippen LogP contribution in [-0.2, 0) is 20.5 Å². The average Bonchev–Trinajstić information content (AvgIpc) is 2.81. The molecule has 6 heteroatoms. The molecule has 1 fully saturated rings. The van der Waals surface area contributed by atoms with Gasteiger partial charge in [0.15, 0.2) is 0 Å².